The van der Waals surface area contributed by atoms with E-state index in [9.17, 15) is 0 Å². The van der Waals surface area contributed by atoms with E-state index in [1.165, 1.54) is 77.0 Å². The van der Waals surface area contributed by atoms with Crippen LogP contribution in [0.1, 0.15) is 84.0 Å². The fraction of sp³-hybridized carbons (Fsp3) is 1.00. The lowest BCUT2D eigenvalue weighted by atomic mass is 9.80. The van der Waals surface area contributed by atoms with Gasteiger partial charge < -0.3 is 10.1 Å². The average molecular weight is 279 g/mol. The van der Waals surface area contributed by atoms with Crippen molar-refractivity contribution in [3.05, 3.63) is 0 Å². The molecule has 20 heavy (non-hydrogen) atoms. The normalized spacial score (nSPS) is 38.0. The van der Waals surface area contributed by atoms with E-state index in [-0.39, 0.29) is 11.2 Å². The molecule has 0 aromatic rings. The summed E-state index contributed by atoms with van der Waals surface area (Å²) in [5, 5.41) is 3.76. The molecule has 1 aliphatic heterocycles. The Morgan fingerprint density at radius 2 is 1.60 bits per heavy atom. The molecule has 2 unspecified atom stereocenters. The molecule has 1 saturated heterocycles. The lowest BCUT2D eigenvalue weighted by Crippen LogP contribution is -2.60. The second-order valence-electron chi connectivity index (χ2n) is 7.72. The van der Waals surface area contributed by atoms with E-state index in [1.807, 2.05) is 0 Å². The number of nitrogens with one attached hydrogen (secondary N) is 1. The molecule has 2 nitrogen and oxygen atoms in total. The lowest BCUT2D eigenvalue weighted by molar-refractivity contribution is -0.196. The minimum absolute atomic E-state index is 0.179. The monoisotopic (exact) mass is 279 g/mol. The van der Waals surface area contributed by atoms with Crippen LogP contribution in [0.25, 0.3) is 0 Å². The number of hydrogen-bond donors (Lipinski definition) is 1. The highest BCUT2D eigenvalue weighted by Gasteiger charge is 2.46. The molecular formula is C18H33NO. The Morgan fingerprint density at radius 1 is 0.900 bits per heavy atom. The SMILES string of the molecule is CCCC1CCCC2(CC1)CNCC1(CCCCC1)O2. The van der Waals surface area contributed by atoms with Crippen molar-refractivity contribution in [2.45, 2.75) is 95.2 Å². The molecule has 0 aromatic heterocycles. The van der Waals surface area contributed by atoms with Crippen LogP contribution in [0.3, 0.4) is 0 Å². The van der Waals surface area contributed by atoms with Crippen LogP contribution in [0.15, 0.2) is 0 Å². The average Bonchev–Trinajstić information content (AvgIpc) is 2.63. The van der Waals surface area contributed by atoms with Crippen molar-refractivity contribution in [2.75, 3.05) is 13.1 Å². The zero-order chi connectivity index (χ0) is 13.9. The summed E-state index contributed by atoms with van der Waals surface area (Å²) >= 11 is 0. The summed E-state index contributed by atoms with van der Waals surface area (Å²) in [6.07, 6.45) is 16.3. The first-order valence-corrected chi connectivity index (χ1v) is 9.17. The smallest absolute Gasteiger partial charge is 0.0814 e. The molecule has 2 spiro atoms. The molecule has 0 amide bonds. The number of hydrogen-bond acceptors (Lipinski definition) is 2. The van der Waals surface area contributed by atoms with Crippen LogP contribution in [-0.4, -0.2) is 24.3 Å². The molecule has 2 saturated carbocycles. The Balaban J connectivity index is 1.65. The van der Waals surface area contributed by atoms with Gasteiger partial charge in [0.2, 0.25) is 0 Å². The van der Waals surface area contributed by atoms with Crippen LogP contribution in [0.4, 0.5) is 0 Å². The Hall–Kier alpha value is -0.0800. The summed E-state index contributed by atoms with van der Waals surface area (Å²) in [6, 6.07) is 0. The van der Waals surface area contributed by atoms with Gasteiger partial charge in [-0.3, -0.25) is 0 Å². The molecular weight excluding hydrogens is 246 g/mol. The van der Waals surface area contributed by atoms with Gasteiger partial charge in [0.1, 0.15) is 0 Å². The van der Waals surface area contributed by atoms with Gasteiger partial charge >= 0.3 is 0 Å². The number of ether oxygens (including phenoxy) is 1. The van der Waals surface area contributed by atoms with Crippen LogP contribution in [-0.2, 0) is 4.74 Å². The largest absolute Gasteiger partial charge is 0.366 e. The fourth-order valence-electron chi connectivity index (χ4n) is 4.95. The van der Waals surface area contributed by atoms with E-state index >= 15 is 0 Å². The molecule has 3 aliphatic rings. The van der Waals surface area contributed by atoms with Gasteiger partial charge in [-0.05, 0) is 38.0 Å². The first-order valence-electron chi connectivity index (χ1n) is 9.17. The molecule has 3 fully saturated rings. The van der Waals surface area contributed by atoms with E-state index in [2.05, 4.69) is 12.2 Å². The first-order chi connectivity index (χ1) is 9.76. The zero-order valence-electron chi connectivity index (χ0n) is 13.4. The van der Waals surface area contributed by atoms with Gasteiger partial charge in [-0.15, -0.1) is 0 Å². The minimum Gasteiger partial charge on any atom is -0.366 e. The van der Waals surface area contributed by atoms with Crippen LogP contribution < -0.4 is 5.32 Å². The summed E-state index contributed by atoms with van der Waals surface area (Å²) in [4.78, 5) is 0. The Bertz CT molecular complexity index is 305. The summed E-state index contributed by atoms with van der Waals surface area (Å²) in [7, 11) is 0. The maximum Gasteiger partial charge on any atom is 0.0814 e. The predicted molar refractivity (Wildman–Crippen MR) is 84.0 cm³/mol. The van der Waals surface area contributed by atoms with E-state index in [0.29, 0.717) is 0 Å². The molecule has 1 heterocycles. The minimum atomic E-state index is 0.179. The molecule has 3 rings (SSSR count). The first kappa shape index (κ1) is 14.8. The van der Waals surface area contributed by atoms with Gasteiger partial charge in [0, 0.05) is 13.1 Å². The molecule has 116 valence electrons. The second-order valence-corrected chi connectivity index (χ2v) is 7.72. The molecule has 0 aromatic carbocycles. The van der Waals surface area contributed by atoms with Crippen molar-refractivity contribution in [1.29, 1.82) is 0 Å². The summed E-state index contributed by atoms with van der Waals surface area (Å²) in [6.45, 7) is 4.54. The Kier molecular flexibility index (Phi) is 4.72. The zero-order valence-corrected chi connectivity index (χ0v) is 13.4. The quantitative estimate of drug-likeness (QED) is 0.807. The standard InChI is InChI=1S/C18H33NO/c1-2-7-16-8-6-12-18(13-9-16)15-19-14-17(20-18)10-4-3-5-11-17/h16,19H,2-15H2,1H3. The highest BCUT2D eigenvalue weighted by atomic mass is 16.5. The van der Waals surface area contributed by atoms with Crippen LogP contribution in [0.5, 0.6) is 0 Å². The molecule has 1 N–H and O–H groups in total. The Morgan fingerprint density at radius 3 is 2.35 bits per heavy atom. The van der Waals surface area contributed by atoms with Crippen molar-refractivity contribution in [2.24, 2.45) is 5.92 Å². The van der Waals surface area contributed by atoms with Crippen molar-refractivity contribution in [3.8, 4) is 0 Å². The number of rotatable bonds is 2. The highest BCUT2D eigenvalue weighted by Crippen LogP contribution is 2.43. The van der Waals surface area contributed by atoms with E-state index in [1.54, 1.807) is 0 Å². The summed E-state index contributed by atoms with van der Waals surface area (Å²) < 4.78 is 6.89. The van der Waals surface area contributed by atoms with Crippen molar-refractivity contribution >= 4 is 0 Å². The Labute approximate surface area is 125 Å². The maximum absolute atomic E-state index is 6.89. The molecule has 2 aliphatic carbocycles. The summed E-state index contributed by atoms with van der Waals surface area (Å²) in [5.74, 6) is 0.965. The van der Waals surface area contributed by atoms with Gasteiger partial charge in [0.25, 0.3) is 0 Å². The predicted octanol–water partition coefficient (Wildman–Crippen LogP) is 4.43. The van der Waals surface area contributed by atoms with Gasteiger partial charge in [-0.1, -0.05) is 51.9 Å². The lowest BCUT2D eigenvalue weighted by Gasteiger charge is -2.50. The third-order valence-corrected chi connectivity index (χ3v) is 6.04. The fourth-order valence-corrected chi connectivity index (χ4v) is 4.95. The molecule has 0 radical (unpaired) electrons. The molecule has 2 heteroatoms. The van der Waals surface area contributed by atoms with Gasteiger partial charge in [-0.25, -0.2) is 0 Å². The maximum atomic E-state index is 6.89. The molecule has 2 atom stereocenters. The van der Waals surface area contributed by atoms with E-state index in [4.69, 9.17) is 4.74 Å². The topological polar surface area (TPSA) is 21.3 Å². The van der Waals surface area contributed by atoms with Crippen molar-refractivity contribution in [3.63, 3.8) is 0 Å². The van der Waals surface area contributed by atoms with E-state index in [0.717, 1.165) is 19.0 Å². The highest BCUT2D eigenvalue weighted by molar-refractivity contribution is 4.99. The summed E-state index contributed by atoms with van der Waals surface area (Å²) in [5.41, 5.74) is 0.374. The van der Waals surface area contributed by atoms with Crippen LogP contribution in [0.2, 0.25) is 0 Å². The number of morpholine rings is 1. The van der Waals surface area contributed by atoms with Crippen molar-refractivity contribution < 1.29 is 4.74 Å². The van der Waals surface area contributed by atoms with Crippen LogP contribution >= 0.6 is 0 Å². The second kappa shape index (κ2) is 6.36. The van der Waals surface area contributed by atoms with Crippen molar-refractivity contribution in [1.82, 2.24) is 5.32 Å². The van der Waals surface area contributed by atoms with Gasteiger partial charge in [-0.2, -0.15) is 0 Å². The van der Waals surface area contributed by atoms with E-state index < -0.39 is 0 Å². The van der Waals surface area contributed by atoms with Gasteiger partial charge in [0.05, 0.1) is 11.2 Å². The third-order valence-electron chi connectivity index (χ3n) is 6.04. The van der Waals surface area contributed by atoms with Crippen LogP contribution in [0, 0.1) is 5.92 Å². The van der Waals surface area contributed by atoms with Gasteiger partial charge in [0.15, 0.2) is 0 Å². The third kappa shape index (κ3) is 3.22. The molecule has 0 bridgehead atoms.